The molecule has 4 heteroatoms. The van der Waals surface area contributed by atoms with Crippen LogP contribution in [0.2, 0.25) is 0 Å². The van der Waals surface area contributed by atoms with Gasteiger partial charge in [-0.25, -0.2) is 4.79 Å². The predicted molar refractivity (Wildman–Crippen MR) is 63.3 cm³/mol. The van der Waals surface area contributed by atoms with Crippen molar-refractivity contribution in [3.63, 3.8) is 0 Å². The zero-order chi connectivity index (χ0) is 11.4. The molecule has 86 valence electrons. The van der Waals surface area contributed by atoms with E-state index in [1.54, 1.807) is 7.05 Å². The van der Waals surface area contributed by atoms with Gasteiger partial charge in [0.05, 0.1) is 0 Å². The monoisotopic (exact) mass is 219 g/mol. The summed E-state index contributed by atoms with van der Waals surface area (Å²) in [4.78, 5) is 11.1. The van der Waals surface area contributed by atoms with Gasteiger partial charge >= 0.3 is 6.03 Å². The molecule has 1 aliphatic heterocycles. The molecule has 0 bridgehead atoms. The lowest BCUT2D eigenvalue weighted by atomic mass is 9.94. The van der Waals surface area contributed by atoms with Gasteiger partial charge in [-0.2, -0.15) is 0 Å². The zero-order valence-corrected chi connectivity index (χ0v) is 9.42. The molecule has 1 atom stereocenters. The van der Waals surface area contributed by atoms with Crippen LogP contribution in [0.4, 0.5) is 4.79 Å². The Kier molecular flexibility index (Phi) is 3.41. The number of hydrogen-bond acceptors (Lipinski definition) is 2. The normalized spacial score (nSPS) is 18.7. The molecule has 0 aromatic heterocycles. The van der Waals surface area contributed by atoms with Crippen molar-refractivity contribution in [1.29, 1.82) is 0 Å². The average Bonchev–Trinajstić information content (AvgIpc) is 2.35. The van der Waals surface area contributed by atoms with E-state index in [0.29, 0.717) is 6.54 Å². The van der Waals surface area contributed by atoms with E-state index in [9.17, 15) is 4.79 Å². The van der Waals surface area contributed by atoms with Crippen LogP contribution in [-0.4, -0.2) is 26.2 Å². The van der Waals surface area contributed by atoms with Crippen LogP contribution in [0.1, 0.15) is 17.2 Å². The summed E-state index contributed by atoms with van der Waals surface area (Å²) in [5.41, 5.74) is 2.68. The van der Waals surface area contributed by atoms with Gasteiger partial charge in [0.15, 0.2) is 0 Å². The maximum atomic E-state index is 11.1. The summed E-state index contributed by atoms with van der Waals surface area (Å²) >= 11 is 0. The number of carbonyl (C=O) groups is 1. The Hall–Kier alpha value is -1.55. The first-order chi connectivity index (χ1) is 7.81. The van der Waals surface area contributed by atoms with Crippen LogP contribution < -0.4 is 16.0 Å². The molecule has 1 heterocycles. The highest BCUT2D eigenvalue weighted by Gasteiger charge is 2.18. The molecule has 0 spiro atoms. The summed E-state index contributed by atoms with van der Waals surface area (Å²) in [5, 5.41) is 8.79. The molecule has 2 rings (SSSR count). The number of rotatable bonds is 2. The van der Waals surface area contributed by atoms with Crippen molar-refractivity contribution in [3.8, 4) is 0 Å². The van der Waals surface area contributed by atoms with Crippen LogP contribution in [0, 0.1) is 0 Å². The van der Waals surface area contributed by atoms with Crippen LogP contribution in [-0.2, 0) is 6.42 Å². The molecular weight excluding hydrogens is 202 g/mol. The summed E-state index contributed by atoms with van der Waals surface area (Å²) in [6, 6.07) is 8.47. The number of hydrogen-bond donors (Lipinski definition) is 3. The van der Waals surface area contributed by atoms with Crippen molar-refractivity contribution >= 4 is 6.03 Å². The lowest BCUT2D eigenvalue weighted by molar-refractivity contribution is 0.241. The summed E-state index contributed by atoms with van der Waals surface area (Å²) in [6.45, 7) is 1.59. The Balaban J connectivity index is 2.04. The SMILES string of the molecule is CNC(=O)NC[C@H]1NCCc2ccccc21. The topological polar surface area (TPSA) is 53.2 Å². The fraction of sp³-hybridized carbons (Fsp3) is 0.417. The van der Waals surface area contributed by atoms with Gasteiger partial charge in [0.2, 0.25) is 0 Å². The number of amides is 2. The third-order valence-electron chi connectivity index (χ3n) is 2.91. The van der Waals surface area contributed by atoms with Crippen molar-refractivity contribution in [2.24, 2.45) is 0 Å². The van der Waals surface area contributed by atoms with Gasteiger partial charge in [0.1, 0.15) is 0 Å². The lowest BCUT2D eigenvalue weighted by Gasteiger charge is -2.27. The molecule has 0 saturated heterocycles. The molecule has 16 heavy (non-hydrogen) atoms. The van der Waals surface area contributed by atoms with Crippen LogP contribution >= 0.6 is 0 Å². The number of nitrogens with one attached hydrogen (secondary N) is 3. The average molecular weight is 219 g/mol. The van der Waals surface area contributed by atoms with Crippen molar-refractivity contribution < 1.29 is 4.79 Å². The Bertz CT molecular complexity index is 378. The minimum atomic E-state index is -0.134. The number of carbonyl (C=O) groups excluding carboxylic acids is 1. The van der Waals surface area contributed by atoms with E-state index in [-0.39, 0.29) is 12.1 Å². The number of benzene rings is 1. The summed E-state index contributed by atoms with van der Waals surface area (Å²) < 4.78 is 0. The lowest BCUT2D eigenvalue weighted by Crippen LogP contribution is -2.41. The maximum Gasteiger partial charge on any atom is 0.314 e. The van der Waals surface area contributed by atoms with E-state index in [2.05, 4.69) is 34.1 Å². The first-order valence-corrected chi connectivity index (χ1v) is 5.58. The van der Waals surface area contributed by atoms with Crippen molar-refractivity contribution in [2.75, 3.05) is 20.1 Å². The maximum absolute atomic E-state index is 11.1. The van der Waals surface area contributed by atoms with Gasteiger partial charge in [0.25, 0.3) is 0 Å². The van der Waals surface area contributed by atoms with Crippen molar-refractivity contribution in [1.82, 2.24) is 16.0 Å². The second-order valence-corrected chi connectivity index (χ2v) is 3.92. The highest BCUT2D eigenvalue weighted by atomic mass is 16.2. The fourth-order valence-electron chi connectivity index (χ4n) is 2.06. The van der Waals surface area contributed by atoms with Crippen molar-refractivity contribution in [3.05, 3.63) is 35.4 Å². The highest BCUT2D eigenvalue weighted by molar-refractivity contribution is 5.73. The Morgan fingerprint density at radius 3 is 3.12 bits per heavy atom. The standard InChI is InChI=1S/C12H17N3O/c1-13-12(16)15-8-11-10-5-3-2-4-9(10)6-7-14-11/h2-5,11,14H,6-8H2,1H3,(H2,13,15,16)/t11-/m1/s1. The van der Waals surface area contributed by atoms with Gasteiger partial charge in [-0.05, 0) is 24.1 Å². The van der Waals surface area contributed by atoms with E-state index in [1.165, 1.54) is 11.1 Å². The van der Waals surface area contributed by atoms with E-state index < -0.39 is 0 Å². The molecule has 1 aromatic carbocycles. The highest BCUT2D eigenvalue weighted by Crippen LogP contribution is 2.21. The third kappa shape index (κ3) is 2.33. The Labute approximate surface area is 95.4 Å². The zero-order valence-electron chi connectivity index (χ0n) is 9.42. The van der Waals surface area contributed by atoms with Gasteiger partial charge < -0.3 is 16.0 Å². The first kappa shape index (κ1) is 11.0. The quantitative estimate of drug-likeness (QED) is 0.689. The molecule has 0 saturated carbocycles. The van der Waals surface area contributed by atoms with Crippen LogP contribution in [0.3, 0.4) is 0 Å². The Morgan fingerprint density at radius 2 is 2.31 bits per heavy atom. The van der Waals surface area contributed by atoms with Crippen molar-refractivity contribution in [2.45, 2.75) is 12.5 Å². The molecule has 4 nitrogen and oxygen atoms in total. The predicted octanol–water partition coefficient (Wildman–Crippen LogP) is 0.802. The van der Waals surface area contributed by atoms with Crippen LogP contribution in [0.5, 0.6) is 0 Å². The first-order valence-electron chi connectivity index (χ1n) is 5.58. The van der Waals surface area contributed by atoms with Gasteiger partial charge in [-0.15, -0.1) is 0 Å². The summed E-state index contributed by atoms with van der Waals surface area (Å²) in [5.74, 6) is 0. The minimum Gasteiger partial charge on any atom is -0.341 e. The molecular formula is C12H17N3O. The second kappa shape index (κ2) is 4.99. The second-order valence-electron chi connectivity index (χ2n) is 3.92. The fourth-order valence-corrected chi connectivity index (χ4v) is 2.06. The third-order valence-corrected chi connectivity index (χ3v) is 2.91. The largest absolute Gasteiger partial charge is 0.341 e. The van der Waals surface area contributed by atoms with E-state index in [0.717, 1.165) is 13.0 Å². The van der Waals surface area contributed by atoms with Crippen LogP contribution in [0.15, 0.2) is 24.3 Å². The molecule has 2 amide bonds. The van der Waals surface area contributed by atoms with Gasteiger partial charge in [-0.3, -0.25) is 0 Å². The molecule has 0 radical (unpaired) electrons. The number of urea groups is 1. The summed E-state index contributed by atoms with van der Waals surface area (Å²) in [6.07, 6.45) is 1.06. The molecule has 1 aromatic rings. The summed E-state index contributed by atoms with van der Waals surface area (Å²) in [7, 11) is 1.62. The number of fused-ring (bicyclic) bond motifs is 1. The van der Waals surface area contributed by atoms with Gasteiger partial charge in [0, 0.05) is 19.6 Å². The molecule has 3 N–H and O–H groups in total. The van der Waals surface area contributed by atoms with E-state index in [1.807, 2.05) is 6.07 Å². The molecule has 0 unspecified atom stereocenters. The Morgan fingerprint density at radius 1 is 1.50 bits per heavy atom. The minimum absolute atomic E-state index is 0.134. The van der Waals surface area contributed by atoms with E-state index >= 15 is 0 Å². The smallest absolute Gasteiger partial charge is 0.314 e. The van der Waals surface area contributed by atoms with E-state index in [4.69, 9.17) is 0 Å². The molecule has 0 fully saturated rings. The van der Waals surface area contributed by atoms with Crippen LogP contribution in [0.25, 0.3) is 0 Å². The van der Waals surface area contributed by atoms with Gasteiger partial charge in [-0.1, -0.05) is 24.3 Å². The molecule has 1 aliphatic rings. The molecule has 0 aliphatic carbocycles.